The Kier molecular flexibility index (Phi) is 5.64. The summed E-state index contributed by atoms with van der Waals surface area (Å²) in [5.41, 5.74) is 2.04. The molecule has 6 heteroatoms. The van der Waals surface area contributed by atoms with Crippen LogP contribution in [0.3, 0.4) is 0 Å². The third kappa shape index (κ3) is 3.92. The number of piperazine rings is 1. The van der Waals surface area contributed by atoms with Crippen molar-refractivity contribution in [2.24, 2.45) is 0 Å². The first kappa shape index (κ1) is 20.1. The number of carbonyl (C=O) groups excluding carboxylic acids is 2. The summed E-state index contributed by atoms with van der Waals surface area (Å²) in [6.45, 7) is 3.75. The molecule has 3 aliphatic heterocycles. The number of likely N-dealkylation sites (tertiary alicyclic amines) is 1. The van der Waals surface area contributed by atoms with Gasteiger partial charge >= 0.3 is 6.03 Å². The van der Waals surface area contributed by atoms with Crippen LogP contribution in [0, 0.1) is 0 Å². The van der Waals surface area contributed by atoms with E-state index in [1.165, 1.54) is 0 Å². The number of benzene rings is 2. The molecule has 0 saturated carbocycles. The summed E-state index contributed by atoms with van der Waals surface area (Å²) in [6, 6.07) is 20.4. The Bertz CT molecular complexity index is 861. The molecule has 0 N–H and O–H groups in total. The number of amides is 3. The lowest BCUT2D eigenvalue weighted by Crippen LogP contribution is -2.60. The van der Waals surface area contributed by atoms with Gasteiger partial charge in [0.15, 0.2) is 0 Å². The third-order valence-electron chi connectivity index (χ3n) is 6.80. The zero-order valence-corrected chi connectivity index (χ0v) is 17.7. The van der Waals surface area contributed by atoms with E-state index < -0.39 is 0 Å². The fourth-order valence-electron chi connectivity index (χ4n) is 5.29. The van der Waals surface area contributed by atoms with Gasteiger partial charge in [-0.1, -0.05) is 60.7 Å². The summed E-state index contributed by atoms with van der Waals surface area (Å²) in [6.07, 6.45) is 1.92. The smallest absolute Gasteiger partial charge is 0.320 e. The minimum absolute atomic E-state index is 0.0890. The lowest BCUT2D eigenvalue weighted by molar-refractivity contribution is -0.137. The zero-order valence-electron chi connectivity index (χ0n) is 17.7. The number of hydrogen-bond acceptors (Lipinski definition) is 3. The van der Waals surface area contributed by atoms with Crippen molar-refractivity contribution in [1.29, 1.82) is 0 Å². The van der Waals surface area contributed by atoms with E-state index in [1.54, 1.807) is 0 Å². The molecule has 0 radical (unpaired) electrons. The number of nitrogens with zero attached hydrogens (tertiary/aromatic N) is 3. The Balaban J connectivity index is 1.37. The van der Waals surface area contributed by atoms with Crippen molar-refractivity contribution in [3.05, 3.63) is 71.8 Å². The molecule has 3 amide bonds. The van der Waals surface area contributed by atoms with Crippen LogP contribution in [0.2, 0.25) is 0 Å². The van der Waals surface area contributed by atoms with Gasteiger partial charge in [0, 0.05) is 38.3 Å². The average molecular weight is 420 g/mol. The van der Waals surface area contributed by atoms with Crippen LogP contribution in [0.15, 0.2) is 60.7 Å². The van der Waals surface area contributed by atoms with Crippen molar-refractivity contribution >= 4 is 11.9 Å². The fourth-order valence-corrected chi connectivity index (χ4v) is 5.29. The summed E-state index contributed by atoms with van der Waals surface area (Å²) >= 11 is 0. The molecule has 2 aromatic carbocycles. The first-order valence-electron chi connectivity index (χ1n) is 11.3. The van der Waals surface area contributed by atoms with Crippen LogP contribution in [0.4, 0.5) is 4.79 Å². The van der Waals surface area contributed by atoms with Gasteiger partial charge in [-0.15, -0.1) is 0 Å². The lowest BCUT2D eigenvalue weighted by atomic mass is 9.89. The summed E-state index contributed by atoms with van der Waals surface area (Å²) in [5.74, 6) is -0.157. The predicted octanol–water partition coefficient (Wildman–Crippen LogP) is 2.95. The normalized spacial score (nSPS) is 23.3. The lowest BCUT2D eigenvalue weighted by Gasteiger charge is -2.44. The van der Waals surface area contributed by atoms with E-state index in [-0.39, 0.29) is 29.9 Å². The van der Waals surface area contributed by atoms with Gasteiger partial charge in [0.2, 0.25) is 5.91 Å². The van der Waals surface area contributed by atoms with Crippen molar-refractivity contribution in [2.45, 2.75) is 30.8 Å². The van der Waals surface area contributed by atoms with Crippen LogP contribution >= 0.6 is 0 Å². The zero-order chi connectivity index (χ0) is 21.2. The molecule has 0 unspecified atom stereocenters. The number of fused-ring (bicyclic) bond motifs is 2. The maximum absolute atomic E-state index is 13.9. The van der Waals surface area contributed by atoms with E-state index in [9.17, 15) is 9.59 Å². The second-order valence-electron chi connectivity index (χ2n) is 8.67. The quantitative estimate of drug-likeness (QED) is 0.769. The number of ether oxygens (including phenoxy) is 1. The second-order valence-corrected chi connectivity index (χ2v) is 8.67. The van der Waals surface area contributed by atoms with Gasteiger partial charge in [0.05, 0.1) is 19.1 Å². The molecular formula is C25H29N3O3. The number of carbonyl (C=O) groups is 2. The van der Waals surface area contributed by atoms with Gasteiger partial charge in [-0.2, -0.15) is 0 Å². The highest BCUT2D eigenvalue weighted by Gasteiger charge is 2.46. The molecule has 5 rings (SSSR count). The molecule has 3 aliphatic rings. The van der Waals surface area contributed by atoms with E-state index in [0.29, 0.717) is 39.4 Å². The van der Waals surface area contributed by atoms with Gasteiger partial charge in [-0.05, 0) is 24.0 Å². The van der Waals surface area contributed by atoms with Gasteiger partial charge in [-0.25, -0.2) is 4.79 Å². The van der Waals surface area contributed by atoms with Crippen molar-refractivity contribution < 1.29 is 14.3 Å². The second kappa shape index (κ2) is 8.71. The van der Waals surface area contributed by atoms with E-state index in [2.05, 4.69) is 4.90 Å². The van der Waals surface area contributed by atoms with Crippen LogP contribution in [0.1, 0.15) is 29.9 Å². The minimum Gasteiger partial charge on any atom is -0.378 e. The molecule has 31 heavy (non-hydrogen) atoms. The van der Waals surface area contributed by atoms with Crippen LogP contribution in [-0.4, -0.2) is 78.1 Å². The van der Waals surface area contributed by atoms with Gasteiger partial charge in [-0.3, -0.25) is 4.79 Å². The van der Waals surface area contributed by atoms with E-state index in [1.807, 2.05) is 70.5 Å². The summed E-state index contributed by atoms with van der Waals surface area (Å²) in [4.78, 5) is 32.9. The number of hydrogen-bond donors (Lipinski definition) is 0. The van der Waals surface area contributed by atoms with Crippen molar-refractivity contribution in [2.75, 3.05) is 39.4 Å². The maximum Gasteiger partial charge on any atom is 0.320 e. The Morgan fingerprint density at radius 2 is 1.29 bits per heavy atom. The van der Waals surface area contributed by atoms with Gasteiger partial charge in [0.25, 0.3) is 0 Å². The highest BCUT2D eigenvalue weighted by atomic mass is 16.5. The minimum atomic E-state index is -0.313. The van der Waals surface area contributed by atoms with Crippen molar-refractivity contribution in [3.8, 4) is 0 Å². The molecule has 0 aromatic heterocycles. The largest absolute Gasteiger partial charge is 0.378 e. The molecule has 2 aromatic rings. The summed E-state index contributed by atoms with van der Waals surface area (Å²) < 4.78 is 5.39. The van der Waals surface area contributed by atoms with Crippen molar-refractivity contribution in [3.63, 3.8) is 0 Å². The molecule has 3 heterocycles. The molecule has 0 spiro atoms. The average Bonchev–Trinajstić information content (AvgIpc) is 3.10. The Morgan fingerprint density at radius 1 is 0.774 bits per heavy atom. The van der Waals surface area contributed by atoms with Gasteiger partial charge < -0.3 is 19.4 Å². The first-order chi connectivity index (χ1) is 15.2. The van der Waals surface area contributed by atoms with Crippen molar-refractivity contribution in [1.82, 2.24) is 14.7 Å². The Morgan fingerprint density at radius 3 is 1.81 bits per heavy atom. The Labute approximate surface area is 183 Å². The third-order valence-corrected chi connectivity index (χ3v) is 6.80. The molecule has 3 fully saturated rings. The molecule has 2 atom stereocenters. The predicted molar refractivity (Wildman–Crippen MR) is 118 cm³/mol. The molecule has 2 bridgehead atoms. The Hall–Kier alpha value is -2.86. The number of rotatable bonds is 3. The number of morpholine rings is 1. The van der Waals surface area contributed by atoms with Crippen LogP contribution in [-0.2, 0) is 9.53 Å². The summed E-state index contributed by atoms with van der Waals surface area (Å²) in [5, 5.41) is 0. The van der Waals surface area contributed by atoms with E-state index in [4.69, 9.17) is 4.74 Å². The SMILES string of the molecule is O=C(N1CCOCC1)N1C[C@H]2CC[C@@H](C1)N2C(=O)C(c1ccccc1)c1ccccc1. The van der Waals surface area contributed by atoms with Crippen LogP contribution in [0.25, 0.3) is 0 Å². The first-order valence-corrected chi connectivity index (χ1v) is 11.3. The topological polar surface area (TPSA) is 53.1 Å². The molecule has 0 aliphatic carbocycles. The highest BCUT2D eigenvalue weighted by molar-refractivity contribution is 5.88. The van der Waals surface area contributed by atoms with Crippen LogP contribution < -0.4 is 0 Å². The standard InChI is InChI=1S/C25H29N3O3/c29-24(23(19-7-3-1-4-8-19)20-9-5-2-6-10-20)28-21-11-12-22(28)18-27(17-21)25(30)26-13-15-31-16-14-26/h1-10,21-23H,11-18H2/t21-,22+. The highest BCUT2D eigenvalue weighted by Crippen LogP contribution is 2.36. The fraction of sp³-hybridized carbons (Fsp3) is 0.440. The van der Waals surface area contributed by atoms with Gasteiger partial charge in [0.1, 0.15) is 0 Å². The number of urea groups is 1. The summed E-state index contributed by atoms with van der Waals surface area (Å²) in [7, 11) is 0. The molecule has 162 valence electrons. The maximum atomic E-state index is 13.9. The monoisotopic (exact) mass is 419 g/mol. The van der Waals surface area contributed by atoms with E-state index in [0.717, 1.165) is 24.0 Å². The molecular weight excluding hydrogens is 390 g/mol. The van der Waals surface area contributed by atoms with E-state index >= 15 is 0 Å². The molecule has 6 nitrogen and oxygen atoms in total. The molecule has 3 saturated heterocycles. The van der Waals surface area contributed by atoms with Crippen LogP contribution in [0.5, 0.6) is 0 Å².